The SMILES string of the molecule is Cc1cnc(N)c(C#CCS)c1. The Kier molecular flexibility index (Phi) is 3.01. The first-order chi connectivity index (χ1) is 5.74. The summed E-state index contributed by atoms with van der Waals surface area (Å²) in [5.74, 6) is 6.73. The van der Waals surface area contributed by atoms with Gasteiger partial charge >= 0.3 is 0 Å². The monoisotopic (exact) mass is 178 g/mol. The molecule has 0 aromatic carbocycles. The fourth-order valence-electron chi connectivity index (χ4n) is 0.815. The van der Waals surface area contributed by atoms with Crippen LogP contribution < -0.4 is 5.73 Å². The van der Waals surface area contributed by atoms with Crippen LogP contribution in [0.5, 0.6) is 0 Å². The quantitative estimate of drug-likeness (QED) is 0.463. The Morgan fingerprint density at radius 1 is 1.67 bits per heavy atom. The van der Waals surface area contributed by atoms with Crippen molar-refractivity contribution in [2.24, 2.45) is 0 Å². The van der Waals surface area contributed by atoms with Crippen LogP contribution >= 0.6 is 12.6 Å². The normalized spacial score (nSPS) is 8.83. The lowest BCUT2D eigenvalue weighted by Gasteiger charge is -1.97. The van der Waals surface area contributed by atoms with E-state index in [0.29, 0.717) is 11.6 Å². The Balaban J connectivity index is 3.05. The van der Waals surface area contributed by atoms with Gasteiger partial charge in [0.25, 0.3) is 0 Å². The van der Waals surface area contributed by atoms with Gasteiger partial charge in [-0.3, -0.25) is 0 Å². The molecule has 12 heavy (non-hydrogen) atoms. The van der Waals surface area contributed by atoms with E-state index in [2.05, 4.69) is 29.5 Å². The van der Waals surface area contributed by atoms with E-state index in [-0.39, 0.29) is 0 Å². The van der Waals surface area contributed by atoms with Crippen LogP contribution in [0, 0.1) is 18.8 Å². The van der Waals surface area contributed by atoms with E-state index in [1.807, 2.05) is 13.0 Å². The van der Waals surface area contributed by atoms with Gasteiger partial charge in [-0.1, -0.05) is 11.8 Å². The number of hydrogen-bond donors (Lipinski definition) is 2. The third-order valence-corrected chi connectivity index (χ3v) is 1.52. The van der Waals surface area contributed by atoms with E-state index >= 15 is 0 Å². The number of nitrogens with zero attached hydrogens (tertiary/aromatic N) is 1. The molecule has 0 radical (unpaired) electrons. The minimum Gasteiger partial charge on any atom is -0.383 e. The highest BCUT2D eigenvalue weighted by Gasteiger charge is 1.95. The number of pyridine rings is 1. The third kappa shape index (κ3) is 2.18. The molecule has 1 aromatic heterocycles. The average molecular weight is 178 g/mol. The van der Waals surface area contributed by atoms with Crippen molar-refractivity contribution >= 4 is 18.4 Å². The minimum atomic E-state index is 0.481. The number of thiol groups is 1. The average Bonchev–Trinajstić information content (AvgIpc) is 2.07. The molecule has 0 bridgehead atoms. The molecular formula is C9H10N2S. The molecule has 0 atom stereocenters. The van der Waals surface area contributed by atoms with Crippen molar-refractivity contribution in [1.29, 1.82) is 0 Å². The van der Waals surface area contributed by atoms with Gasteiger partial charge in [0, 0.05) is 6.20 Å². The van der Waals surface area contributed by atoms with E-state index in [0.717, 1.165) is 11.1 Å². The van der Waals surface area contributed by atoms with E-state index < -0.39 is 0 Å². The fourth-order valence-corrected chi connectivity index (χ4v) is 0.894. The molecule has 0 saturated heterocycles. The molecule has 0 aliphatic rings. The van der Waals surface area contributed by atoms with Crippen LogP contribution in [0.4, 0.5) is 5.82 Å². The highest BCUT2D eigenvalue weighted by molar-refractivity contribution is 7.80. The summed E-state index contributed by atoms with van der Waals surface area (Å²) in [6.45, 7) is 1.96. The first-order valence-electron chi connectivity index (χ1n) is 3.56. The standard InChI is InChI=1S/C9H10N2S/c1-7-5-8(3-2-4-12)9(10)11-6-7/h5-6,12H,4H2,1H3,(H2,10,11). The smallest absolute Gasteiger partial charge is 0.139 e. The molecule has 1 rings (SSSR count). The zero-order chi connectivity index (χ0) is 8.97. The van der Waals surface area contributed by atoms with Gasteiger partial charge in [0.1, 0.15) is 5.82 Å². The van der Waals surface area contributed by atoms with E-state index in [4.69, 9.17) is 5.73 Å². The zero-order valence-electron chi connectivity index (χ0n) is 6.83. The number of rotatable bonds is 0. The molecular weight excluding hydrogens is 168 g/mol. The lowest BCUT2D eigenvalue weighted by atomic mass is 10.2. The van der Waals surface area contributed by atoms with E-state index in [1.54, 1.807) is 6.20 Å². The first kappa shape index (κ1) is 8.95. The van der Waals surface area contributed by atoms with Crippen LogP contribution in [0.2, 0.25) is 0 Å². The van der Waals surface area contributed by atoms with Crippen molar-refractivity contribution in [3.8, 4) is 11.8 Å². The molecule has 0 spiro atoms. The number of hydrogen-bond acceptors (Lipinski definition) is 3. The lowest BCUT2D eigenvalue weighted by molar-refractivity contribution is 1.26. The topological polar surface area (TPSA) is 38.9 Å². The zero-order valence-corrected chi connectivity index (χ0v) is 7.73. The maximum atomic E-state index is 5.59. The molecule has 1 heterocycles. The number of aromatic nitrogens is 1. The Morgan fingerprint density at radius 3 is 3.08 bits per heavy atom. The predicted octanol–water partition coefficient (Wildman–Crippen LogP) is 1.25. The number of aryl methyl sites for hydroxylation is 1. The van der Waals surface area contributed by atoms with Gasteiger partial charge < -0.3 is 5.73 Å². The van der Waals surface area contributed by atoms with Gasteiger partial charge in [-0.05, 0) is 18.6 Å². The highest BCUT2D eigenvalue weighted by atomic mass is 32.1. The third-order valence-electron chi connectivity index (χ3n) is 1.36. The van der Waals surface area contributed by atoms with Crippen LogP contribution in [-0.4, -0.2) is 10.7 Å². The van der Waals surface area contributed by atoms with Crippen molar-refractivity contribution in [3.63, 3.8) is 0 Å². The number of nitrogen functional groups attached to an aromatic ring is 1. The number of anilines is 1. The maximum absolute atomic E-state index is 5.59. The molecule has 62 valence electrons. The Morgan fingerprint density at radius 2 is 2.42 bits per heavy atom. The fraction of sp³-hybridized carbons (Fsp3) is 0.222. The largest absolute Gasteiger partial charge is 0.383 e. The van der Waals surface area contributed by atoms with Crippen LogP contribution in [-0.2, 0) is 0 Å². The van der Waals surface area contributed by atoms with E-state index in [1.165, 1.54) is 0 Å². The molecule has 2 N–H and O–H groups in total. The lowest BCUT2D eigenvalue weighted by Crippen LogP contribution is -1.94. The molecule has 0 amide bonds. The molecule has 0 aliphatic carbocycles. The van der Waals surface area contributed by atoms with Crippen molar-refractivity contribution in [1.82, 2.24) is 4.98 Å². The molecule has 1 aromatic rings. The van der Waals surface area contributed by atoms with E-state index in [9.17, 15) is 0 Å². The van der Waals surface area contributed by atoms with Crippen molar-refractivity contribution < 1.29 is 0 Å². The molecule has 0 unspecified atom stereocenters. The molecule has 3 heteroatoms. The Bertz CT molecular complexity index is 336. The predicted molar refractivity (Wildman–Crippen MR) is 54.1 cm³/mol. The number of nitrogens with two attached hydrogens (primary N) is 1. The minimum absolute atomic E-state index is 0.481. The summed E-state index contributed by atoms with van der Waals surface area (Å²) < 4.78 is 0. The second-order valence-corrected chi connectivity index (χ2v) is 2.72. The Hall–Kier alpha value is -1.14. The van der Waals surface area contributed by atoms with Crippen molar-refractivity contribution in [2.45, 2.75) is 6.92 Å². The van der Waals surface area contributed by atoms with Crippen molar-refractivity contribution in [2.75, 3.05) is 11.5 Å². The molecule has 2 nitrogen and oxygen atoms in total. The first-order valence-corrected chi connectivity index (χ1v) is 4.19. The van der Waals surface area contributed by atoms with Gasteiger partial charge in [-0.15, -0.1) is 0 Å². The van der Waals surface area contributed by atoms with Gasteiger partial charge in [0.15, 0.2) is 0 Å². The maximum Gasteiger partial charge on any atom is 0.139 e. The van der Waals surface area contributed by atoms with Crippen LogP contribution in [0.15, 0.2) is 12.3 Å². The van der Waals surface area contributed by atoms with Gasteiger partial charge in [-0.2, -0.15) is 12.6 Å². The summed E-state index contributed by atoms with van der Waals surface area (Å²) in [5.41, 5.74) is 7.44. The highest BCUT2D eigenvalue weighted by Crippen LogP contribution is 2.07. The molecule has 0 saturated carbocycles. The summed E-state index contributed by atoms with van der Waals surface area (Å²) in [4.78, 5) is 3.98. The van der Waals surface area contributed by atoms with Crippen LogP contribution in [0.1, 0.15) is 11.1 Å². The van der Waals surface area contributed by atoms with Crippen LogP contribution in [0.3, 0.4) is 0 Å². The second-order valence-electron chi connectivity index (χ2n) is 2.41. The Labute approximate surface area is 77.6 Å². The molecule has 0 fully saturated rings. The second kappa shape index (κ2) is 4.03. The summed E-state index contributed by atoms with van der Waals surface area (Å²) in [6, 6.07) is 1.92. The van der Waals surface area contributed by atoms with Gasteiger partial charge in [0.05, 0.1) is 11.3 Å². The summed E-state index contributed by atoms with van der Waals surface area (Å²) in [5, 5.41) is 0. The van der Waals surface area contributed by atoms with Gasteiger partial charge in [-0.25, -0.2) is 4.98 Å². The van der Waals surface area contributed by atoms with Crippen LogP contribution in [0.25, 0.3) is 0 Å². The van der Waals surface area contributed by atoms with Gasteiger partial charge in [0.2, 0.25) is 0 Å². The molecule has 0 aliphatic heterocycles. The van der Waals surface area contributed by atoms with Crippen molar-refractivity contribution in [3.05, 3.63) is 23.4 Å². The summed E-state index contributed by atoms with van der Waals surface area (Å²) in [6.07, 6.45) is 1.72. The summed E-state index contributed by atoms with van der Waals surface area (Å²) in [7, 11) is 0. The summed E-state index contributed by atoms with van der Waals surface area (Å²) >= 11 is 3.98.